The third-order valence-corrected chi connectivity index (χ3v) is 4.13. The normalized spacial score (nSPS) is 21.9. The molecule has 0 radical (unpaired) electrons. The van der Waals surface area contributed by atoms with Crippen LogP contribution in [0.4, 0.5) is 0 Å². The van der Waals surface area contributed by atoms with Gasteiger partial charge < -0.3 is 15.2 Å². The lowest BCUT2D eigenvalue weighted by atomic mass is 10.0. The predicted molar refractivity (Wildman–Crippen MR) is 77.2 cm³/mol. The molecule has 4 nitrogen and oxygen atoms in total. The molecular formula is C16H23NO3. The second kappa shape index (κ2) is 7.41. The molecule has 0 heterocycles. The number of carbonyl (C=O) groups excluding carboxylic acids is 1. The Bertz CT molecular complexity index is 447. The number of aliphatic hydroxyl groups excluding tert-OH is 1. The highest BCUT2D eigenvalue weighted by atomic mass is 16.5. The molecule has 0 amide bonds. The Balaban J connectivity index is 1.96. The highest BCUT2D eigenvalue weighted by Gasteiger charge is 2.26. The molecular weight excluding hydrogens is 254 g/mol. The maximum atomic E-state index is 11.4. The van der Waals surface area contributed by atoms with Crippen LogP contribution in [-0.4, -0.2) is 30.8 Å². The largest absolute Gasteiger partial charge is 0.469 e. The van der Waals surface area contributed by atoms with Crippen LogP contribution >= 0.6 is 0 Å². The number of nitrogens with one attached hydrogen (secondary N) is 1. The molecule has 1 aromatic carbocycles. The van der Waals surface area contributed by atoms with E-state index in [-0.39, 0.29) is 12.6 Å². The summed E-state index contributed by atoms with van der Waals surface area (Å²) in [5, 5.41) is 12.9. The maximum absolute atomic E-state index is 11.4. The quantitative estimate of drug-likeness (QED) is 0.776. The van der Waals surface area contributed by atoms with Gasteiger partial charge in [0.25, 0.3) is 0 Å². The van der Waals surface area contributed by atoms with Crippen molar-refractivity contribution in [1.29, 1.82) is 0 Å². The van der Waals surface area contributed by atoms with E-state index in [0.717, 1.165) is 30.5 Å². The van der Waals surface area contributed by atoms with Crippen molar-refractivity contribution in [2.45, 2.75) is 38.3 Å². The van der Waals surface area contributed by atoms with E-state index in [1.807, 2.05) is 24.3 Å². The summed E-state index contributed by atoms with van der Waals surface area (Å²) in [6.07, 6.45) is 3.69. The van der Waals surface area contributed by atoms with Crippen LogP contribution in [0.5, 0.6) is 0 Å². The second-order valence-electron chi connectivity index (χ2n) is 5.38. The van der Waals surface area contributed by atoms with E-state index in [4.69, 9.17) is 4.74 Å². The molecule has 1 aromatic rings. The number of hydrogen-bond acceptors (Lipinski definition) is 4. The lowest BCUT2D eigenvalue weighted by molar-refractivity contribution is -0.139. The van der Waals surface area contributed by atoms with E-state index in [0.29, 0.717) is 18.4 Å². The summed E-state index contributed by atoms with van der Waals surface area (Å²) in [6.45, 7) is 0.982. The SMILES string of the molecule is COC(=O)Cc1ccccc1CNC1CCCC1CO. The minimum absolute atomic E-state index is 0.216. The zero-order valence-corrected chi connectivity index (χ0v) is 12.0. The molecule has 0 saturated heterocycles. The van der Waals surface area contributed by atoms with Gasteiger partial charge in [-0.3, -0.25) is 4.79 Å². The van der Waals surface area contributed by atoms with E-state index in [1.54, 1.807) is 0 Å². The molecule has 2 unspecified atom stereocenters. The van der Waals surface area contributed by atoms with E-state index >= 15 is 0 Å². The van der Waals surface area contributed by atoms with Crippen molar-refractivity contribution in [2.75, 3.05) is 13.7 Å². The fourth-order valence-electron chi connectivity index (χ4n) is 2.90. The van der Waals surface area contributed by atoms with Crippen LogP contribution < -0.4 is 5.32 Å². The summed E-state index contributed by atoms with van der Waals surface area (Å²) in [7, 11) is 1.41. The van der Waals surface area contributed by atoms with Crippen LogP contribution in [0.1, 0.15) is 30.4 Å². The number of ether oxygens (including phenoxy) is 1. The standard InChI is InChI=1S/C16H23NO3/c1-20-16(19)9-12-5-2-3-6-13(12)10-17-15-8-4-7-14(15)11-18/h2-3,5-6,14-15,17-18H,4,7-11H2,1H3. The van der Waals surface area contributed by atoms with Crippen molar-refractivity contribution in [3.8, 4) is 0 Å². The Morgan fingerprint density at radius 2 is 2.10 bits per heavy atom. The first-order valence-electron chi connectivity index (χ1n) is 7.22. The van der Waals surface area contributed by atoms with E-state index in [9.17, 15) is 9.90 Å². The van der Waals surface area contributed by atoms with Gasteiger partial charge in [0.1, 0.15) is 0 Å². The van der Waals surface area contributed by atoms with Crippen molar-refractivity contribution >= 4 is 5.97 Å². The zero-order valence-electron chi connectivity index (χ0n) is 12.0. The average molecular weight is 277 g/mol. The average Bonchev–Trinajstić information content (AvgIpc) is 2.93. The fourth-order valence-corrected chi connectivity index (χ4v) is 2.90. The van der Waals surface area contributed by atoms with Crippen molar-refractivity contribution in [3.63, 3.8) is 0 Å². The number of carbonyl (C=O) groups is 1. The van der Waals surface area contributed by atoms with E-state index < -0.39 is 0 Å². The van der Waals surface area contributed by atoms with Gasteiger partial charge in [-0.25, -0.2) is 0 Å². The summed E-state index contributed by atoms with van der Waals surface area (Å²) >= 11 is 0. The lowest BCUT2D eigenvalue weighted by Crippen LogP contribution is -2.33. The lowest BCUT2D eigenvalue weighted by Gasteiger charge is -2.20. The van der Waals surface area contributed by atoms with Crippen molar-refractivity contribution in [3.05, 3.63) is 35.4 Å². The van der Waals surface area contributed by atoms with Gasteiger partial charge in [0.05, 0.1) is 13.5 Å². The highest BCUT2D eigenvalue weighted by molar-refractivity contribution is 5.72. The van der Waals surface area contributed by atoms with Gasteiger partial charge in [-0.15, -0.1) is 0 Å². The Morgan fingerprint density at radius 1 is 1.35 bits per heavy atom. The second-order valence-corrected chi connectivity index (χ2v) is 5.38. The van der Waals surface area contributed by atoms with Crippen LogP contribution in [0.2, 0.25) is 0 Å². The maximum Gasteiger partial charge on any atom is 0.309 e. The fraction of sp³-hybridized carbons (Fsp3) is 0.562. The summed E-state index contributed by atoms with van der Waals surface area (Å²) in [4.78, 5) is 11.4. The minimum Gasteiger partial charge on any atom is -0.469 e. The van der Waals surface area contributed by atoms with E-state index in [1.165, 1.54) is 13.5 Å². The molecule has 0 spiro atoms. The Kier molecular flexibility index (Phi) is 5.56. The monoisotopic (exact) mass is 277 g/mol. The zero-order chi connectivity index (χ0) is 14.4. The molecule has 1 aliphatic rings. The number of aliphatic hydroxyl groups is 1. The molecule has 20 heavy (non-hydrogen) atoms. The molecule has 1 saturated carbocycles. The highest BCUT2D eigenvalue weighted by Crippen LogP contribution is 2.25. The summed E-state index contributed by atoms with van der Waals surface area (Å²) < 4.78 is 4.73. The van der Waals surface area contributed by atoms with Gasteiger partial charge in [-0.05, 0) is 29.9 Å². The Labute approximate surface area is 120 Å². The molecule has 2 N–H and O–H groups in total. The van der Waals surface area contributed by atoms with Gasteiger partial charge >= 0.3 is 5.97 Å². The first kappa shape index (κ1) is 15.0. The molecule has 110 valence electrons. The van der Waals surface area contributed by atoms with Gasteiger partial charge in [-0.1, -0.05) is 30.7 Å². The van der Waals surface area contributed by atoms with Gasteiger partial charge in [0, 0.05) is 19.2 Å². The number of hydrogen-bond donors (Lipinski definition) is 2. The Hall–Kier alpha value is -1.39. The smallest absolute Gasteiger partial charge is 0.309 e. The predicted octanol–water partition coefficient (Wildman–Crippen LogP) is 1.65. The third-order valence-electron chi connectivity index (χ3n) is 4.13. The number of methoxy groups -OCH3 is 1. The minimum atomic E-state index is -0.216. The first-order valence-corrected chi connectivity index (χ1v) is 7.22. The molecule has 0 aliphatic heterocycles. The van der Waals surface area contributed by atoms with Crippen LogP contribution in [0, 0.1) is 5.92 Å². The summed E-state index contributed by atoms with van der Waals surface area (Å²) in [6, 6.07) is 8.30. The van der Waals surface area contributed by atoms with Crippen LogP contribution in [-0.2, 0) is 22.5 Å². The summed E-state index contributed by atoms with van der Waals surface area (Å²) in [5.41, 5.74) is 2.13. The number of rotatable bonds is 6. The number of esters is 1. The number of benzene rings is 1. The summed E-state index contributed by atoms with van der Waals surface area (Å²) in [5.74, 6) is 0.148. The van der Waals surface area contributed by atoms with E-state index in [2.05, 4.69) is 5.32 Å². The van der Waals surface area contributed by atoms with Crippen LogP contribution in [0.15, 0.2) is 24.3 Å². The molecule has 4 heteroatoms. The first-order chi connectivity index (χ1) is 9.74. The Morgan fingerprint density at radius 3 is 2.80 bits per heavy atom. The third kappa shape index (κ3) is 3.81. The molecule has 2 rings (SSSR count). The molecule has 1 aliphatic carbocycles. The molecule has 2 atom stereocenters. The van der Waals surface area contributed by atoms with Gasteiger partial charge in [-0.2, -0.15) is 0 Å². The van der Waals surface area contributed by atoms with Crippen molar-refractivity contribution in [2.24, 2.45) is 5.92 Å². The van der Waals surface area contributed by atoms with Crippen LogP contribution in [0.3, 0.4) is 0 Å². The van der Waals surface area contributed by atoms with Crippen molar-refractivity contribution in [1.82, 2.24) is 5.32 Å². The van der Waals surface area contributed by atoms with Gasteiger partial charge in [0.2, 0.25) is 0 Å². The van der Waals surface area contributed by atoms with Crippen LogP contribution in [0.25, 0.3) is 0 Å². The molecule has 0 bridgehead atoms. The van der Waals surface area contributed by atoms with Gasteiger partial charge in [0.15, 0.2) is 0 Å². The van der Waals surface area contributed by atoms with Crippen molar-refractivity contribution < 1.29 is 14.6 Å². The topological polar surface area (TPSA) is 58.6 Å². The molecule has 1 fully saturated rings. The molecule has 0 aromatic heterocycles.